The van der Waals surface area contributed by atoms with E-state index in [0.717, 1.165) is 44.7 Å². The van der Waals surface area contributed by atoms with Gasteiger partial charge in [0.25, 0.3) is 0 Å². The Hall–Kier alpha value is -1.43. The lowest BCUT2D eigenvalue weighted by molar-refractivity contribution is -0.139. The number of aromatic nitrogens is 3. The molecule has 0 bridgehead atoms. The number of nitrogens with zero attached hydrogens (tertiary/aromatic N) is 3. The molecule has 1 N–H and O–H groups in total. The van der Waals surface area contributed by atoms with E-state index in [1.165, 1.54) is 0 Å². The lowest BCUT2D eigenvalue weighted by Gasteiger charge is -2.21. The highest BCUT2D eigenvalue weighted by atomic mass is 16.5. The lowest BCUT2D eigenvalue weighted by Crippen LogP contribution is -2.24. The van der Waals surface area contributed by atoms with Crippen molar-refractivity contribution in [3.8, 4) is 0 Å². The minimum atomic E-state index is -0.799. The predicted molar refractivity (Wildman–Crippen MR) is 62.3 cm³/mol. The highest BCUT2D eigenvalue weighted by Gasteiger charge is 2.31. The Bertz CT molecular complexity index is 451. The average Bonchev–Trinajstić information content (AvgIpc) is 2.99. The van der Waals surface area contributed by atoms with Crippen molar-refractivity contribution in [3.05, 3.63) is 11.6 Å². The molecule has 18 heavy (non-hydrogen) atoms. The molecule has 0 radical (unpaired) electrons. The zero-order chi connectivity index (χ0) is 12.5. The van der Waals surface area contributed by atoms with Gasteiger partial charge in [0.2, 0.25) is 0 Å². The summed E-state index contributed by atoms with van der Waals surface area (Å²) in [6.45, 7) is 1.65. The zero-order valence-electron chi connectivity index (χ0n) is 10.2. The Morgan fingerprint density at radius 1 is 1.39 bits per heavy atom. The van der Waals surface area contributed by atoms with Crippen LogP contribution < -0.4 is 0 Å². The summed E-state index contributed by atoms with van der Waals surface area (Å²) in [6.07, 6.45) is 4.67. The fraction of sp³-hybridized carbons (Fsp3) is 0.750. The summed E-state index contributed by atoms with van der Waals surface area (Å²) in [4.78, 5) is 11.2. The number of rotatable bonds is 3. The van der Waals surface area contributed by atoms with Crippen molar-refractivity contribution in [2.24, 2.45) is 0 Å². The van der Waals surface area contributed by atoms with E-state index in [9.17, 15) is 9.90 Å². The molecule has 1 aromatic heterocycles. The smallest absolute Gasteiger partial charge is 0.314 e. The lowest BCUT2D eigenvalue weighted by atomic mass is 9.99. The summed E-state index contributed by atoms with van der Waals surface area (Å²) in [6, 6.07) is 0. The third-order valence-corrected chi connectivity index (χ3v) is 3.77. The molecule has 1 aromatic rings. The number of hydrogen-bond donors (Lipinski definition) is 1. The van der Waals surface area contributed by atoms with E-state index in [2.05, 4.69) is 10.2 Å². The van der Waals surface area contributed by atoms with Crippen LogP contribution >= 0.6 is 0 Å². The van der Waals surface area contributed by atoms with E-state index >= 15 is 0 Å². The normalized spacial score (nSPS) is 27.1. The Morgan fingerprint density at radius 3 is 3.00 bits per heavy atom. The van der Waals surface area contributed by atoms with E-state index in [-0.39, 0.29) is 6.10 Å². The molecular formula is C12H17N3O3. The Labute approximate surface area is 105 Å². The number of carboxylic acids is 1. The number of fused-ring (bicyclic) bond motifs is 1. The topological polar surface area (TPSA) is 77.2 Å². The summed E-state index contributed by atoms with van der Waals surface area (Å²) < 4.78 is 7.57. The largest absolute Gasteiger partial charge is 0.481 e. The van der Waals surface area contributed by atoms with Crippen molar-refractivity contribution in [3.63, 3.8) is 0 Å². The fourth-order valence-corrected chi connectivity index (χ4v) is 2.83. The molecule has 0 aromatic carbocycles. The number of carboxylic acid groups (broad SMARTS) is 1. The minimum absolute atomic E-state index is 0.225. The quantitative estimate of drug-likeness (QED) is 0.865. The van der Waals surface area contributed by atoms with Gasteiger partial charge in [-0.15, -0.1) is 10.2 Å². The molecule has 2 atom stereocenters. The standard InChI is InChI=1S/C12H17N3O3/c16-12(17)9-4-1-5-15-10(13-14-11(9)15)7-8-3-2-6-18-8/h8-9H,1-7H2,(H,16,17). The van der Waals surface area contributed by atoms with E-state index in [1.807, 2.05) is 4.57 Å². The van der Waals surface area contributed by atoms with Crippen LogP contribution in [0.3, 0.4) is 0 Å². The maximum Gasteiger partial charge on any atom is 0.314 e. The van der Waals surface area contributed by atoms with Gasteiger partial charge in [0, 0.05) is 19.6 Å². The van der Waals surface area contributed by atoms with Crippen molar-refractivity contribution in [1.82, 2.24) is 14.8 Å². The Kier molecular flexibility index (Phi) is 3.03. The van der Waals surface area contributed by atoms with E-state index in [1.54, 1.807) is 0 Å². The van der Waals surface area contributed by atoms with Crippen molar-refractivity contribution < 1.29 is 14.6 Å². The Balaban J connectivity index is 1.82. The van der Waals surface area contributed by atoms with Gasteiger partial charge in [0.1, 0.15) is 17.6 Å². The molecule has 3 heterocycles. The molecule has 0 amide bonds. The number of carbonyl (C=O) groups is 1. The van der Waals surface area contributed by atoms with Gasteiger partial charge >= 0.3 is 5.97 Å². The predicted octanol–water partition coefficient (Wildman–Crippen LogP) is 0.962. The number of ether oxygens (including phenoxy) is 1. The van der Waals surface area contributed by atoms with E-state index in [4.69, 9.17) is 4.74 Å². The SMILES string of the molecule is O=C(O)C1CCCn2c(CC3CCCO3)nnc21. The Morgan fingerprint density at radius 2 is 2.28 bits per heavy atom. The van der Waals surface area contributed by atoms with E-state index in [0.29, 0.717) is 12.2 Å². The monoisotopic (exact) mass is 251 g/mol. The molecule has 1 fully saturated rings. The summed E-state index contributed by atoms with van der Waals surface area (Å²) >= 11 is 0. The van der Waals surface area contributed by atoms with Gasteiger partial charge in [-0.2, -0.15) is 0 Å². The van der Waals surface area contributed by atoms with Gasteiger partial charge in [-0.25, -0.2) is 0 Å². The second kappa shape index (κ2) is 4.68. The number of aliphatic carboxylic acids is 1. The molecule has 0 saturated carbocycles. The summed E-state index contributed by atoms with van der Waals surface area (Å²) in [5, 5.41) is 17.4. The van der Waals surface area contributed by atoms with Crippen LogP contribution in [0.2, 0.25) is 0 Å². The molecule has 6 heteroatoms. The molecular weight excluding hydrogens is 234 g/mol. The molecule has 98 valence electrons. The summed E-state index contributed by atoms with van der Waals surface area (Å²) in [7, 11) is 0. The van der Waals surface area contributed by atoms with Gasteiger partial charge in [0.15, 0.2) is 0 Å². The maximum absolute atomic E-state index is 11.2. The fourth-order valence-electron chi connectivity index (χ4n) is 2.83. The highest BCUT2D eigenvalue weighted by molar-refractivity contribution is 5.75. The van der Waals surface area contributed by atoms with Crippen LogP contribution in [0.5, 0.6) is 0 Å². The second-order valence-corrected chi connectivity index (χ2v) is 5.00. The van der Waals surface area contributed by atoms with Crippen molar-refractivity contribution in [2.45, 2.75) is 50.7 Å². The van der Waals surface area contributed by atoms with Gasteiger partial charge in [-0.3, -0.25) is 4.79 Å². The van der Waals surface area contributed by atoms with Gasteiger partial charge in [-0.1, -0.05) is 0 Å². The summed E-state index contributed by atoms with van der Waals surface area (Å²) in [5.41, 5.74) is 0. The van der Waals surface area contributed by atoms with Crippen LogP contribution in [-0.4, -0.2) is 38.6 Å². The van der Waals surface area contributed by atoms with Crippen LogP contribution in [0.25, 0.3) is 0 Å². The van der Waals surface area contributed by atoms with Crippen LogP contribution in [0.1, 0.15) is 43.3 Å². The van der Waals surface area contributed by atoms with Crippen LogP contribution in [0, 0.1) is 0 Å². The van der Waals surface area contributed by atoms with Crippen LogP contribution in [-0.2, 0) is 22.5 Å². The first-order valence-electron chi connectivity index (χ1n) is 6.52. The van der Waals surface area contributed by atoms with Gasteiger partial charge in [-0.05, 0) is 25.7 Å². The molecule has 0 aliphatic carbocycles. The molecule has 3 rings (SSSR count). The van der Waals surface area contributed by atoms with Crippen molar-refractivity contribution >= 4 is 5.97 Å². The maximum atomic E-state index is 11.2. The molecule has 6 nitrogen and oxygen atoms in total. The van der Waals surface area contributed by atoms with Gasteiger partial charge in [0.05, 0.1) is 6.10 Å². The highest BCUT2D eigenvalue weighted by Crippen LogP contribution is 2.27. The molecule has 0 spiro atoms. The average molecular weight is 251 g/mol. The third-order valence-electron chi connectivity index (χ3n) is 3.77. The van der Waals surface area contributed by atoms with Gasteiger partial charge < -0.3 is 14.4 Å². The third kappa shape index (κ3) is 2.01. The second-order valence-electron chi connectivity index (χ2n) is 5.00. The summed E-state index contributed by atoms with van der Waals surface area (Å²) in [5.74, 6) is 0.195. The minimum Gasteiger partial charge on any atom is -0.481 e. The van der Waals surface area contributed by atoms with E-state index < -0.39 is 11.9 Å². The van der Waals surface area contributed by atoms with Crippen molar-refractivity contribution in [2.75, 3.05) is 6.61 Å². The first-order valence-corrected chi connectivity index (χ1v) is 6.52. The molecule has 2 aliphatic rings. The molecule has 1 saturated heterocycles. The van der Waals surface area contributed by atoms with Crippen LogP contribution in [0.4, 0.5) is 0 Å². The first-order chi connectivity index (χ1) is 8.75. The number of hydrogen-bond acceptors (Lipinski definition) is 4. The van der Waals surface area contributed by atoms with Crippen LogP contribution in [0.15, 0.2) is 0 Å². The molecule has 2 aliphatic heterocycles. The molecule has 2 unspecified atom stereocenters. The zero-order valence-corrected chi connectivity index (χ0v) is 10.2. The first kappa shape index (κ1) is 11.6. The van der Waals surface area contributed by atoms with Crippen molar-refractivity contribution in [1.29, 1.82) is 0 Å².